The molecule has 7 N–H and O–H groups in total. The van der Waals surface area contributed by atoms with Gasteiger partial charge in [0.1, 0.15) is 12.3 Å². The number of hydrogen-bond donors (Lipinski definition) is 6. The molecule has 3 rings (SSSR count). The largest absolute Gasteiger partial charge is 0.490 e. The predicted octanol–water partition coefficient (Wildman–Crippen LogP) is 3.22. The fraction of sp³-hybridized carbons (Fsp3) is 0.393. The lowest BCUT2D eigenvalue weighted by Gasteiger charge is -2.44. The Labute approximate surface area is 276 Å². The second-order valence-corrected chi connectivity index (χ2v) is 13.6. The van der Waals surface area contributed by atoms with E-state index in [-0.39, 0.29) is 34.8 Å². The first-order valence-corrected chi connectivity index (χ1v) is 15.8. The van der Waals surface area contributed by atoms with Crippen LogP contribution in [0.15, 0.2) is 51.8 Å². The summed E-state index contributed by atoms with van der Waals surface area (Å²) in [6, 6.07) is 10.3. The number of nitrogens with two attached hydrogens (primary N) is 1. The zero-order chi connectivity index (χ0) is 35.9. The number of amides is 2. The smallest absolute Gasteiger partial charge is 0.481 e. The van der Waals surface area contributed by atoms with E-state index in [0.29, 0.717) is 16.8 Å². The van der Waals surface area contributed by atoms with Gasteiger partial charge in [-0.2, -0.15) is 17.5 Å². The van der Waals surface area contributed by atoms with Gasteiger partial charge in [-0.05, 0) is 78.7 Å². The first-order valence-electron chi connectivity index (χ1n) is 13.5. The van der Waals surface area contributed by atoms with E-state index in [1.807, 2.05) is 0 Å². The lowest BCUT2D eigenvalue weighted by atomic mass is 10.0. The third-order valence-electron chi connectivity index (χ3n) is 6.56. The van der Waals surface area contributed by atoms with Gasteiger partial charge in [-0.15, -0.1) is 0 Å². The summed E-state index contributed by atoms with van der Waals surface area (Å²) in [5.41, 5.74) is 6.07. The number of alkyl halides is 3. The third kappa shape index (κ3) is 11.3. The molecule has 2 amide bonds. The number of aliphatic carboxylic acids is 2. The van der Waals surface area contributed by atoms with Crippen molar-refractivity contribution in [2.24, 2.45) is 5.73 Å². The highest BCUT2D eigenvalue weighted by atomic mass is 79.9. The van der Waals surface area contributed by atoms with Gasteiger partial charge in [0.05, 0.1) is 35.6 Å². The van der Waals surface area contributed by atoms with E-state index in [1.54, 1.807) is 57.2 Å². The molecule has 0 radical (unpaired) electrons. The first kappa shape index (κ1) is 39.1. The van der Waals surface area contributed by atoms with Gasteiger partial charge in [0.15, 0.2) is 0 Å². The van der Waals surface area contributed by atoms with Crippen LogP contribution in [0.2, 0.25) is 0 Å². The number of nitrogens with zero attached hydrogens (tertiary/aromatic N) is 1. The molecule has 2 aromatic carbocycles. The van der Waals surface area contributed by atoms with E-state index < -0.39 is 64.1 Å². The number of carboxylic acid groups (broad SMARTS) is 2. The average Bonchev–Trinajstić information content (AvgIpc) is 2.93. The van der Waals surface area contributed by atoms with E-state index in [9.17, 15) is 36.0 Å². The normalized spacial score (nSPS) is 17.0. The standard InChI is InChI=1S/C26H32BrN5O7S.C2HF3O2/c1-15(30-22(33)12-23(34)31-18-7-4-16(5-8-18)25(28)29)17-6-9-21(20(27)10-17)40(37,38)32-13-19(11-24(35)36)39-14-26(32,2)3;3-2(4,5)1(6)7/h4-10,15,19H,11-14H2,1-3H3,(H3,28,29)(H,30,33)(H,31,34)(H,35,36);(H,6,7). The van der Waals surface area contributed by atoms with Crippen LogP contribution in [-0.2, 0) is 33.9 Å². The third-order valence-corrected chi connectivity index (χ3v) is 9.62. The van der Waals surface area contributed by atoms with Gasteiger partial charge in [0.25, 0.3) is 0 Å². The molecule has 258 valence electrons. The Hall–Kier alpha value is -4.07. The van der Waals surface area contributed by atoms with Crippen molar-refractivity contribution in [2.75, 3.05) is 18.5 Å². The van der Waals surface area contributed by atoms with Crippen LogP contribution >= 0.6 is 15.9 Å². The number of hydrogen-bond acceptors (Lipinski definition) is 8. The summed E-state index contributed by atoms with van der Waals surface area (Å²) in [6.07, 6.45) is -6.61. The predicted molar refractivity (Wildman–Crippen MR) is 165 cm³/mol. The summed E-state index contributed by atoms with van der Waals surface area (Å²) >= 11 is 3.34. The minimum absolute atomic E-state index is 0.00556. The van der Waals surface area contributed by atoms with Crippen LogP contribution in [0.25, 0.3) is 0 Å². The number of sulfonamides is 1. The maximum absolute atomic E-state index is 13.6. The van der Waals surface area contributed by atoms with Crippen LogP contribution < -0.4 is 16.4 Å². The number of amidine groups is 1. The molecule has 1 aliphatic rings. The van der Waals surface area contributed by atoms with Crippen molar-refractivity contribution in [3.63, 3.8) is 0 Å². The summed E-state index contributed by atoms with van der Waals surface area (Å²) in [4.78, 5) is 44.8. The molecule has 1 fully saturated rings. The van der Waals surface area contributed by atoms with Crippen molar-refractivity contribution in [1.82, 2.24) is 9.62 Å². The number of benzene rings is 2. The Kier molecular flexibility index (Phi) is 13.0. The number of carboxylic acids is 2. The molecule has 0 bridgehead atoms. The van der Waals surface area contributed by atoms with Crippen LogP contribution in [0.1, 0.15) is 50.8 Å². The van der Waals surface area contributed by atoms with Gasteiger partial charge >= 0.3 is 18.1 Å². The lowest BCUT2D eigenvalue weighted by molar-refractivity contribution is -0.192. The minimum Gasteiger partial charge on any atom is -0.481 e. The molecule has 1 heterocycles. The minimum atomic E-state index is -5.08. The van der Waals surface area contributed by atoms with E-state index in [4.69, 9.17) is 30.9 Å². The summed E-state index contributed by atoms with van der Waals surface area (Å²) in [5.74, 6) is -5.00. The first-order chi connectivity index (χ1) is 21.5. The van der Waals surface area contributed by atoms with Gasteiger partial charge in [-0.25, -0.2) is 13.2 Å². The number of halogens is 4. The number of nitrogen functional groups attached to an aromatic ring is 1. The van der Waals surface area contributed by atoms with Crippen LogP contribution in [0.4, 0.5) is 18.9 Å². The van der Waals surface area contributed by atoms with E-state index in [0.717, 1.165) is 0 Å². The van der Waals surface area contributed by atoms with E-state index in [1.165, 1.54) is 10.4 Å². The lowest BCUT2D eigenvalue weighted by Crippen LogP contribution is -2.58. The van der Waals surface area contributed by atoms with E-state index in [2.05, 4.69) is 26.6 Å². The molecule has 47 heavy (non-hydrogen) atoms. The number of nitrogens with one attached hydrogen (secondary N) is 3. The van der Waals surface area contributed by atoms with Gasteiger partial charge < -0.3 is 31.3 Å². The van der Waals surface area contributed by atoms with Crippen molar-refractivity contribution in [3.05, 3.63) is 58.1 Å². The average molecular weight is 753 g/mol. The Morgan fingerprint density at radius 3 is 2.19 bits per heavy atom. The Bertz CT molecular complexity index is 1620. The summed E-state index contributed by atoms with van der Waals surface area (Å²) < 4.78 is 66.0. The Balaban J connectivity index is 0.000000984. The second-order valence-electron chi connectivity index (χ2n) is 10.9. The summed E-state index contributed by atoms with van der Waals surface area (Å²) in [6.45, 7) is 5.05. The van der Waals surface area contributed by atoms with Gasteiger partial charge in [-0.1, -0.05) is 6.07 Å². The highest BCUT2D eigenvalue weighted by Gasteiger charge is 2.44. The van der Waals surface area contributed by atoms with Crippen molar-refractivity contribution < 1.29 is 55.7 Å². The summed E-state index contributed by atoms with van der Waals surface area (Å²) in [5, 5.41) is 29.0. The molecule has 0 aliphatic carbocycles. The van der Waals surface area contributed by atoms with Gasteiger partial charge in [0.2, 0.25) is 21.8 Å². The Morgan fingerprint density at radius 2 is 1.70 bits per heavy atom. The molecule has 0 saturated carbocycles. The molecule has 2 atom stereocenters. The van der Waals surface area contributed by atoms with Crippen molar-refractivity contribution in [3.8, 4) is 0 Å². The molecule has 0 spiro atoms. The second kappa shape index (κ2) is 15.7. The zero-order valence-electron chi connectivity index (χ0n) is 25.2. The topological polar surface area (TPSA) is 229 Å². The molecular formula is C28H33BrF3N5O9S. The molecular weight excluding hydrogens is 719 g/mol. The molecule has 0 aromatic heterocycles. The quantitative estimate of drug-likeness (QED) is 0.118. The Morgan fingerprint density at radius 1 is 1.13 bits per heavy atom. The maximum Gasteiger partial charge on any atom is 0.490 e. The van der Waals surface area contributed by atoms with Crippen LogP contribution in [0.3, 0.4) is 0 Å². The van der Waals surface area contributed by atoms with Crippen LogP contribution in [0.5, 0.6) is 0 Å². The number of carbonyl (C=O) groups is 4. The zero-order valence-corrected chi connectivity index (χ0v) is 27.6. The van der Waals surface area contributed by atoms with E-state index >= 15 is 0 Å². The maximum atomic E-state index is 13.6. The fourth-order valence-corrected chi connectivity index (χ4v) is 7.05. The highest BCUT2D eigenvalue weighted by Crippen LogP contribution is 2.34. The number of anilines is 1. The van der Waals surface area contributed by atoms with Crippen LogP contribution in [0, 0.1) is 5.41 Å². The molecule has 2 unspecified atom stereocenters. The number of carbonyl (C=O) groups excluding carboxylic acids is 2. The SMILES string of the molecule is CC(NC(=O)CC(=O)Nc1ccc(C(=N)N)cc1)c1ccc(S(=O)(=O)N2CC(CC(=O)O)OCC2(C)C)c(Br)c1.O=C(O)C(F)(F)F. The fourth-order valence-electron chi connectivity index (χ4n) is 4.19. The number of rotatable bonds is 10. The number of ether oxygens (including phenoxy) is 1. The molecule has 2 aromatic rings. The molecule has 19 heteroatoms. The monoisotopic (exact) mass is 751 g/mol. The van der Waals surface area contributed by atoms with Crippen molar-refractivity contribution >= 4 is 61.2 Å². The molecule has 1 aliphatic heterocycles. The van der Waals surface area contributed by atoms with Gasteiger partial charge in [0, 0.05) is 22.3 Å². The van der Waals surface area contributed by atoms with Gasteiger partial charge in [-0.3, -0.25) is 19.8 Å². The number of morpholine rings is 1. The molecule has 14 nitrogen and oxygen atoms in total. The molecule has 1 saturated heterocycles. The van der Waals surface area contributed by atoms with Crippen molar-refractivity contribution in [1.29, 1.82) is 5.41 Å². The summed E-state index contributed by atoms with van der Waals surface area (Å²) in [7, 11) is -4.03. The van der Waals surface area contributed by atoms with Crippen LogP contribution in [-0.4, -0.2) is 83.5 Å². The van der Waals surface area contributed by atoms with Crippen molar-refractivity contribution in [2.45, 2.75) is 62.4 Å². The highest BCUT2D eigenvalue weighted by molar-refractivity contribution is 9.10.